The lowest BCUT2D eigenvalue weighted by Crippen LogP contribution is -2.35. The van der Waals surface area contributed by atoms with Crippen LogP contribution in [0.2, 0.25) is 0 Å². The molecular formula is C30H34N2O4S. The maximum Gasteiger partial charge on any atom is 0.179 e. The molecule has 0 spiro atoms. The molecule has 2 aliphatic heterocycles. The number of rotatable bonds is 5. The minimum atomic E-state index is -3.60. The summed E-state index contributed by atoms with van der Waals surface area (Å²) in [6.07, 6.45) is 0.558. The number of ether oxygens (including phenoxy) is 1. The van der Waals surface area contributed by atoms with Crippen molar-refractivity contribution in [2.45, 2.75) is 52.7 Å². The van der Waals surface area contributed by atoms with Gasteiger partial charge in [-0.05, 0) is 58.7 Å². The SMILES string of the molecule is CC(C)c1cc(OCc2ccccc2)ccc1C1Nc2cccc(O)c2NC2=C1S(=O)(=O)CC(C)(C)C2. The van der Waals surface area contributed by atoms with Gasteiger partial charge < -0.3 is 20.5 Å². The average molecular weight is 519 g/mol. The summed E-state index contributed by atoms with van der Waals surface area (Å²) in [7, 11) is -3.60. The number of benzene rings is 3. The highest BCUT2D eigenvalue weighted by atomic mass is 32.2. The van der Waals surface area contributed by atoms with Crippen molar-refractivity contribution in [3.05, 3.63) is 94.0 Å². The lowest BCUT2D eigenvalue weighted by molar-refractivity contribution is 0.305. The van der Waals surface area contributed by atoms with Crippen LogP contribution >= 0.6 is 0 Å². The number of aromatic hydroxyl groups is 1. The van der Waals surface area contributed by atoms with Gasteiger partial charge in [0.1, 0.15) is 23.8 Å². The Bertz CT molecular complexity index is 1460. The number of phenolic OH excluding ortho intramolecular Hbond substituents is 1. The number of hydrogen-bond donors (Lipinski definition) is 3. The zero-order valence-electron chi connectivity index (χ0n) is 21.7. The van der Waals surface area contributed by atoms with Gasteiger partial charge in [0, 0.05) is 5.70 Å². The van der Waals surface area contributed by atoms with Crippen LogP contribution in [-0.4, -0.2) is 19.3 Å². The van der Waals surface area contributed by atoms with Crippen molar-refractivity contribution in [2.75, 3.05) is 16.4 Å². The van der Waals surface area contributed by atoms with Crippen molar-refractivity contribution < 1.29 is 18.3 Å². The molecule has 37 heavy (non-hydrogen) atoms. The van der Waals surface area contributed by atoms with Crippen molar-refractivity contribution in [3.8, 4) is 11.5 Å². The molecule has 0 aliphatic carbocycles. The molecule has 2 heterocycles. The summed E-state index contributed by atoms with van der Waals surface area (Å²) in [5.41, 5.74) is 4.34. The second-order valence-corrected chi connectivity index (χ2v) is 13.0. The summed E-state index contributed by atoms with van der Waals surface area (Å²) in [5.74, 6) is 1.01. The van der Waals surface area contributed by atoms with Crippen LogP contribution in [0.1, 0.15) is 62.8 Å². The maximum atomic E-state index is 13.8. The van der Waals surface area contributed by atoms with Gasteiger partial charge in [-0.15, -0.1) is 0 Å². The highest BCUT2D eigenvalue weighted by Crippen LogP contribution is 2.49. The molecule has 1 atom stereocenters. The summed E-state index contributed by atoms with van der Waals surface area (Å²) in [6, 6.07) is 20.5. The Balaban J connectivity index is 1.62. The number of hydrogen-bond acceptors (Lipinski definition) is 6. The van der Waals surface area contributed by atoms with Gasteiger partial charge in [-0.2, -0.15) is 0 Å². The topological polar surface area (TPSA) is 87.7 Å². The number of fused-ring (bicyclic) bond motifs is 1. The fourth-order valence-corrected chi connectivity index (χ4v) is 7.72. The van der Waals surface area contributed by atoms with Gasteiger partial charge in [-0.25, -0.2) is 8.42 Å². The molecule has 6 nitrogen and oxygen atoms in total. The molecule has 0 aromatic heterocycles. The molecule has 3 N–H and O–H groups in total. The second-order valence-electron chi connectivity index (χ2n) is 11.1. The maximum absolute atomic E-state index is 13.8. The van der Waals surface area contributed by atoms with E-state index in [1.54, 1.807) is 12.1 Å². The zero-order valence-corrected chi connectivity index (χ0v) is 22.5. The highest BCUT2D eigenvalue weighted by molar-refractivity contribution is 7.95. The van der Waals surface area contributed by atoms with Crippen LogP contribution in [0.4, 0.5) is 11.4 Å². The largest absolute Gasteiger partial charge is 0.506 e. The first kappa shape index (κ1) is 25.2. The Hall–Kier alpha value is -3.45. The fraction of sp³-hybridized carbons (Fsp3) is 0.333. The molecule has 2 aliphatic rings. The number of sulfone groups is 1. The van der Waals surface area contributed by atoms with Gasteiger partial charge in [0.25, 0.3) is 0 Å². The molecule has 0 bridgehead atoms. The molecular weight excluding hydrogens is 484 g/mol. The van der Waals surface area contributed by atoms with Crippen LogP contribution in [0.25, 0.3) is 0 Å². The number of para-hydroxylation sites is 1. The molecule has 0 radical (unpaired) electrons. The molecule has 194 valence electrons. The van der Waals surface area contributed by atoms with E-state index in [0.29, 0.717) is 35.0 Å². The van der Waals surface area contributed by atoms with Crippen LogP contribution in [-0.2, 0) is 16.4 Å². The van der Waals surface area contributed by atoms with E-state index in [4.69, 9.17) is 4.74 Å². The Morgan fingerprint density at radius 1 is 1.05 bits per heavy atom. The first-order chi connectivity index (χ1) is 17.5. The zero-order chi connectivity index (χ0) is 26.4. The van der Waals surface area contributed by atoms with Crippen molar-refractivity contribution in [1.82, 2.24) is 0 Å². The smallest absolute Gasteiger partial charge is 0.179 e. The van der Waals surface area contributed by atoms with Crippen LogP contribution in [0.3, 0.4) is 0 Å². The van der Waals surface area contributed by atoms with Crippen LogP contribution < -0.4 is 15.4 Å². The van der Waals surface area contributed by atoms with Crippen molar-refractivity contribution in [1.29, 1.82) is 0 Å². The molecule has 0 fully saturated rings. The van der Waals surface area contributed by atoms with Gasteiger partial charge in [0.15, 0.2) is 9.84 Å². The van der Waals surface area contributed by atoms with E-state index in [9.17, 15) is 13.5 Å². The fourth-order valence-electron chi connectivity index (χ4n) is 5.39. The van der Waals surface area contributed by atoms with Crippen molar-refractivity contribution in [2.24, 2.45) is 5.41 Å². The molecule has 0 saturated heterocycles. The number of allylic oxidation sites excluding steroid dienone is 1. The van der Waals surface area contributed by atoms with E-state index in [2.05, 4.69) is 24.5 Å². The van der Waals surface area contributed by atoms with Crippen LogP contribution in [0.15, 0.2) is 77.3 Å². The second kappa shape index (κ2) is 9.45. The Kier molecular flexibility index (Phi) is 6.44. The summed E-state index contributed by atoms with van der Waals surface area (Å²) >= 11 is 0. The Labute approximate surface area is 219 Å². The summed E-state index contributed by atoms with van der Waals surface area (Å²) < 4.78 is 33.7. The number of anilines is 2. The van der Waals surface area contributed by atoms with Gasteiger partial charge in [-0.1, -0.05) is 70.2 Å². The monoisotopic (exact) mass is 518 g/mol. The third-order valence-electron chi connectivity index (χ3n) is 6.99. The predicted molar refractivity (Wildman–Crippen MR) is 149 cm³/mol. The van der Waals surface area contributed by atoms with Crippen molar-refractivity contribution in [3.63, 3.8) is 0 Å². The van der Waals surface area contributed by atoms with Crippen LogP contribution in [0.5, 0.6) is 11.5 Å². The standard InChI is InChI=1S/C30H34N2O4S/c1-19(2)23-15-21(36-17-20-9-6-5-7-10-20)13-14-22(23)27-29-25(16-30(3,4)18-37(29,34)35)32-28-24(31-27)11-8-12-26(28)33/h5-15,19,27,31-33H,16-18H2,1-4H3. The molecule has 7 heteroatoms. The summed E-state index contributed by atoms with van der Waals surface area (Å²) in [6.45, 7) is 8.58. The first-order valence-corrected chi connectivity index (χ1v) is 14.3. The van der Waals surface area contributed by atoms with Gasteiger partial charge in [0.2, 0.25) is 0 Å². The van der Waals surface area contributed by atoms with Gasteiger partial charge >= 0.3 is 0 Å². The third-order valence-corrected chi connectivity index (χ3v) is 9.30. The van der Waals surface area contributed by atoms with E-state index in [1.165, 1.54) is 0 Å². The van der Waals surface area contributed by atoms with E-state index >= 15 is 0 Å². The summed E-state index contributed by atoms with van der Waals surface area (Å²) in [5, 5.41) is 17.4. The number of nitrogens with one attached hydrogen (secondary N) is 2. The molecule has 1 unspecified atom stereocenters. The lowest BCUT2D eigenvalue weighted by atomic mass is 9.87. The van der Waals surface area contributed by atoms with E-state index in [1.807, 2.05) is 68.4 Å². The van der Waals surface area contributed by atoms with Gasteiger partial charge in [0.05, 0.1) is 22.4 Å². The Morgan fingerprint density at radius 3 is 2.54 bits per heavy atom. The highest BCUT2D eigenvalue weighted by Gasteiger charge is 2.43. The third kappa shape index (κ3) is 5.05. The minimum absolute atomic E-state index is 0.0658. The van der Waals surface area contributed by atoms with Crippen LogP contribution in [0, 0.1) is 5.41 Å². The van der Waals surface area contributed by atoms with Gasteiger partial charge in [-0.3, -0.25) is 0 Å². The van der Waals surface area contributed by atoms with E-state index in [-0.39, 0.29) is 17.4 Å². The van der Waals surface area contributed by atoms with E-state index < -0.39 is 21.3 Å². The molecule has 3 aromatic carbocycles. The normalized spacial score (nSPS) is 19.8. The number of phenols is 1. The first-order valence-electron chi connectivity index (χ1n) is 12.7. The minimum Gasteiger partial charge on any atom is -0.506 e. The quantitative estimate of drug-likeness (QED) is 0.325. The van der Waals surface area contributed by atoms with E-state index in [0.717, 1.165) is 22.4 Å². The molecule has 5 rings (SSSR count). The predicted octanol–water partition coefficient (Wildman–Crippen LogP) is 6.73. The summed E-state index contributed by atoms with van der Waals surface area (Å²) in [4.78, 5) is 0.349. The molecule has 0 saturated carbocycles. The molecule has 0 amide bonds. The Morgan fingerprint density at radius 2 is 1.81 bits per heavy atom. The molecule has 3 aromatic rings. The average Bonchev–Trinajstić information content (AvgIpc) is 3.00. The lowest BCUT2D eigenvalue weighted by Gasteiger charge is -2.35. The van der Waals surface area contributed by atoms with Crippen molar-refractivity contribution >= 4 is 21.2 Å².